The fourth-order valence-electron chi connectivity index (χ4n) is 3.63. The van der Waals surface area contributed by atoms with Crippen molar-refractivity contribution in [1.29, 1.82) is 0 Å². The molecule has 1 aromatic carbocycles. The molecule has 0 saturated heterocycles. The number of amides is 1. The molecule has 164 valence electrons. The second-order valence-corrected chi connectivity index (χ2v) is 9.83. The van der Waals surface area contributed by atoms with E-state index in [4.69, 9.17) is 9.56 Å². The zero-order valence-corrected chi connectivity index (χ0v) is 18.7. The first-order chi connectivity index (χ1) is 14.8. The van der Waals surface area contributed by atoms with Crippen molar-refractivity contribution in [2.75, 3.05) is 24.5 Å². The second-order valence-electron chi connectivity index (χ2n) is 7.32. The number of anilines is 1. The molecule has 3 aromatic rings. The summed E-state index contributed by atoms with van der Waals surface area (Å²) in [6.07, 6.45) is 1.46. The van der Waals surface area contributed by atoms with Crippen LogP contribution in [0.4, 0.5) is 5.69 Å². The van der Waals surface area contributed by atoms with E-state index in [1.807, 2.05) is 29.3 Å². The highest BCUT2D eigenvalue weighted by atomic mass is 32.2. The van der Waals surface area contributed by atoms with Gasteiger partial charge in [-0.3, -0.25) is 9.69 Å². The molecule has 9 nitrogen and oxygen atoms in total. The van der Waals surface area contributed by atoms with Crippen molar-refractivity contribution in [2.45, 2.75) is 31.2 Å². The van der Waals surface area contributed by atoms with Gasteiger partial charge in [-0.05, 0) is 54.6 Å². The first-order valence-electron chi connectivity index (χ1n) is 9.90. The van der Waals surface area contributed by atoms with Gasteiger partial charge in [0.2, 0.25) is 21.8 Å². The first kappa shape index (κ1) is 21.6. The molecule has 0 aliphatic carbocycles. The van der Waals surface area contributed by atoms with E-state index in [0.717, 1.165) is 22.5 Å². The van der Waals surface area contributed by atoms with E-state index in [-0.39, 0.29) is 17.3 Å². The van der Waals surface area contributed by atoms with Crippen LogP contribution in [0.2, 0.25) is 0 Å². The van der Waals surface area contributed by atoms with E-state index in [1.165, 1.54) is 17.4 Å². The first-order valence-corrected chi connectivity index (χ1v) is 12.3. The van der Waals surface area contributed by atoms with Gasteiger partial charge in [0.15, 0.2) is 0 Å². The summed E-state index contributed by atoms with van der Waals surface area (Å²) in [6.45, 7) is 3.82. The average Bonchev–Trinajstić information content (AvgIpc) is 3.47. The van der Waals surface area contributed by atoms with Crippen molar-refractivity contribution >= 4 is 33.0 Å². The Morgan fingerprint density at radius 1 is 1.32 bits per heavy atom. The average molecular weight is 462 g/mol. The van der Waals surface area contributed by atoms with Crippen molar-refractivity contribution in [1.82, 2.24) is 15.1 Å². The number of nitrogens with two attached hydrogens (primary N) is 1. The van der Waals surface area contributed by atoms with E-state index in [2.05, 4.69) is 10.2 Å². The predicted molar refractivity (Wildman–Crippen MR) is 117 cm³/mol. The minimum Gasteiger partial charge on any atom is -0.419 e. The Hall–Kier alpha value is -2.60. The van der Waals surface area contributed by atoms with Gasteiger partial charge in [0.25, 0.3) is 5.89 Å². The molecule has 0 fully saturated rings. The van der Waals surface area contributed by atoms with Crippen LogP contribution in [0, 0.1) is 0 Å². The van der Waals surface area contributed by atoms with Gasteiger partial charge in [-0.15, -0.1) is 21.5 Å². The molecule has 2 N–H and O–H groups in total. The highest BCUT2D eigenvalue weighted by Crippen LogP contribution is 2.30. The number of rotatable bonds is 8. The lowest BCUT2D eigenvalue weighted by atomic mass is 10.2. The number of fused-ring (bicyclic) bond motifs is 1. The van der Waals surface area contributed by atoms with Crippen LogP contribution in [0.1, 0.15) is 24.8 Å². The number of primary sulfonamides is 1. The number of carbonyl (C=O) groups excluding carboxylic acids is 1. The summed E-state index contributed by atoms with van der Waals surface area (Å²) in [5.74, 6) is 0.879. The summed E-state index contributed by atoms with van der Waals surface area (Å²) < 4.78 is 28.9. The zero-order chi connectivity index (χ0) is 22.0. The minimum absolute atomic E-state index is 0.0612. The van der Waals surface area contributed by atoms with Crippen molar-refractivity contribution < 1.29 is 17.6 Å². The van der Waals surface area contributed by atoms with Crippen LogP contribution in [-0.4, -0.2) is 49.1 Å². The Kier molecular flexibility index (Phi) is 6.19. The lowest BCUT2D eigenvalue weighted by molar-refractivity contribution is -0.119. The molecule has 0 spiro atoms. The van der Waals surface area contributed by atoms with Gasteiger partial charge in [-0.1, -0.05) is 13.0 Å². The topological polar surface area (TPSA) is 123 Å². The Morgan fingerprint density at radius 3 is 2.87 bits per heavy atom. The van der Waals surface area contributed by atoms with Gasteiger partial charge in [0.1, 0.15) is 0 Å². The molecule has 0 saturated carbocycles. The summed E-state index contributed by atoms with van der Waals surface area (Å²) in [5.41, 5.74) is 1.53. The number of benzene rings is 1. The SMILES string of the molecule is CCCN(CC(=O)N1CCc2cc(S(N)(=O)=O)ccc21)Cc1nnc(-c2cccs2)o1. The maximum Gasteiger partial charge on any atom is 0.257 e. The van der Waals surface area contributed by atoms with Gasteiger partial charge >= 0.3 is 0 Å². The van der Waals surface area contributed by atoms with E-state index >= 15 is 0 Å². The van der Waals surface area contributed by atoms with Crippen molar-refractivity contribution in [2.24, 2.45) is 5.14 Å². The standard InChI is InChI=1S/C20H23N5O4S2/c1-2-8-24(12-18-22-23-20(29-18)17-4-3-10-30-17)13-19(26)25-9-7-14-11-15(31(21,27)28)5-6-16(14)25/h3-6,10-11H,2,7-9,12-13H2,1H3,(H2,21,27,28). The fraction of sp³-hybridized carbons (Fsp3) is 0.350. The van der Waals surface area contributed by atoms with Crippen molar-refractivity contribution in [3.8, 4) is 10.8 Å². The second kappa shape index (κ2) is 8.87. The zero-order valence-electron chi connectivity index (χ0n) is 17.0. The smallest absolute Gasteiger partial charge is 0.257 e. The summed E-state index contributed by atoms with van der Waals surface area (Å²) in [4.78, 5) is 17.7. The van der Waals surface area contributed by atoms with Crippen LogP contribution in [0.5, 0.6) is 0 Å². The number of aromatic nitrogens is 2. The highest BCUT2D eigenvalue weighted by molar-refractivity contribution is 7.89. The normalized spacial score (nSPS) is 13.7. The number of hydrogen-bond acceptors (Lipinski definition) is 8. The van der Waals surface area contributed by atoms with Gasteiger partial charge in [0, 0.05) is 12.2 Å². The number of thiophene rings is 1. The molecule has 3 heterocycles. The summed E-state index contributed by atoms with van der Waals surface area (Å²) in [5, 5.41) is 15.4. The molecule has 0 bridgehead atoms. The molecule has 0 radical (unpaired) electrons. The number of hydrogen-bond donors (Lipinski definition) is 1. The monoisotopic (exact) mass is 461 g/mol. The van der Waals surface area contributed by atoms with Gasteiger partial charge in [0.05, 0.1) is 22.9 Å². The Bertz CT molecular complexity index is 1170. The summed E-state index contributed by atoms with van der Waals surface area (Å²) in [6, 6.07) is 8.48. The summed E-state index contributed by atoms with van der Waals surface area (Å²) in [7, 11) is -3.77. The maximum atomic E-state index is 13.0. The van der Waals surface area contributed by atoms with Crippen LogP contribution in [0.3, 0.4) is 0 Å². The van der Waals surface area contributed by atoms with E-state index in [0.29, 0.717) is 37.8 Å². The molecule has 2 aromatic heterocycles. The van der Waals surface area contributed by atoms with E-state index in [9.17, 15) is 13.2 Å². The molecular weight excluding hydrogens is 438 g/mol. The lowest BCUT2D eigenvalue weighted by Crippen LogP contribution is -2.39. The highest BCUT2D eigenvalue weighted by Gasteiger charge is 2.27. The van der Waals surface area contributed by atoms with Crippen LogP contribution < -0.4 is 10.0 Å². The molecule has 1 amide bonds. The molecule has 11 heteroatoms. The Morgan fingerprint density at radius 2 is 2.16 bits per heavy atom. The third kappa shape index (κ3) is 4.85. The van der Waals surface area contributed by atoms with Crippen LogP contribution in [0.15, 0.2) is 45.0 Å². The quantitative estimate of drug-likeness (QED) is 0.546. The molecule has 31 heavy (non-hydrogen) atoms. The van der Waals surface area contributed by atoms with Crippen LogP contribution in [0.25, 0.3) is 10.8 Å². The number of nitrogens with zero attached hydrogens (tertiary/aromatic N) is 4. The van der Waals surface area contributed by atoms with Crippen molar-refractivity contribution in [3.05, 3.63) is 47.2 Å². The van der Waals surface area contributed by atoms with Gasteiger partial charge in [-0.25, -0.2) is 13.6 Å². The number of carbonyl (C=O) groups is 1. The molecule has 1 aliphatic heterocycles. The Labute approximate surface area is 184 Å². The largest absolute Gasteiger partial charge is 0.419 e. The third-order valence-electron chi connectivity index (χ3n) is 5.03. The van der Waals surface area contributed by atoms with Gasteiger partial charge < -0.3 is 9.32 Å². The third-order valence-corrected chi connectivity index (χ3v) is 6.80. The van der Waals surface area contributed by atoms with E-state index in [1.54, 1.807) is 17.0 Å². The van der Waals surface area contributed by atoms with Crippen LogP contribution >= 0.6 is 11.3 Å². The molecule has 1 aliphatic rings. The van der Waals surface area contributed by atoms with Gasteiger partial charge in [-0.2, -0.15) is 0 Å². The predicted octanol–water partition coefficient (Wildman–Crippen LogP) is 2.25. The minimum atomic E-state index is -3.77. The molecule has 0 atom stereocenters. The van der Waals surface area contributed by atoms with Crippen LogP contribution in [-0.2, 0) is 27.8 Å². The maximum absolute atomic E-state index is 13.0. The summed E-state index contributed by atoms with van der Waals surface area (Å²) >= 11 is 1.53. The molecule has 0 unspecified atom stereocenters. The molecule has 4 rings (SSSR count). The van der Waals surface area contributed by atoms with E-state index < -0.39 is 10.0 Å². The Balaban J connectivity index is 1.45. The lowest BCUT2D eigenvalue weighted by Gasteiger charge is -2.24. The van der Waals surface area contributed by atoms with Crippen molar-refractivity contribution in [3.63, 3.8) is 0 Å². The number of sulfonamides is 1. The molecular formula is C20H23N5O4S2. The fourth-order valence-corrected chi connectivity index (χ4v) is 4.84.